The summed E-state index contributed by atoms with van der Waals surface area (Å²) in [4.78, 5) is 4.26. The highest BCUT2D eigenvalue weighted by Gasteiger charge is 2.17. The Bertz CT molecular complexity index is 787. The van der Waals surface area contributed by atoms with E-state index in [4.69, 9.17) is 0 Å². The molecule has 21 heavy (non-hydrogen) atoms. The molecule has 0 spiro atoms. The minimum Gasteiger partial charge on any atom is -0.309 e. The third kappa shape index (κ3) is 2.62. The molecule has 0 saturated heterocycles. The first-order chi connectivity index (χ1) is 10.2. The van der Waals surface area contributed by atoms with Crippen LogP contribution in [0, 0.1) is 11.6 Å². The number of aromatic nitrogens is 1. The van der Waals surface area contributed by atoms with Gasteiger partial charge in [-0.25, -0.2) is 8.78 Å². The zero-order valence-corrected chi connectivity index (χ0v) is 11.5. The van der Waals surface area contributed by atoms with Gasteiger partial charge in [-0.1, -0.05) is 12.1 Å². The van der Waals surface area contributed by atoms with Crippen LogP contribution in [0.25, 0.3) is 10.9 Å². The van der Waals surface area contributed by atoms with Crippen LogP contribution in [0.3, 0.4) is 0 Å². The van der Waals surface area contributed by atoms with Gasteiger partial charge in [0.25, 0.3) is 0 Å². The lowest BCUT2D eigenvalue weighted by molar-refractivity contribution is 0.558. The van der Waals surface area contributed by atoms with Crippen molar-refractivity contribution in [2.75, 3.05) is 7.05 Å². The molecule has 3 aromatic rings. The summed E-state index contributed by atoms with van der Waals surface area (Å²) in [5.41, 5.74) is 2.03. The van der Waals surface area contributed by atoms with Crippen LogP contribution in [0.2, 0.25) is 0 Å². The first kappa shape index (κ1) is 13.6. The second kappa shape index (κ2) is 5.58. The van der Waals surface area contributed by atoms with Crippen LogP contribution in [0.5, 0.6) is 0 Å². The summed E-state index contributed by atoms with van der Waals surface area (Å²) >= 11 is 0. The number of fused-ring (bicyclic) bond motifs is 1. The smallest absolute Gasteiger partial charge is 0.128 e. The van der Waals surface area contributed by atoms with Crippen molar-refractivity contribution in [3.05, 3.63) is 77.5 Å². The van der Waals surface area contributed by atoms with Crippen molar-refractivity contribution in [2.45, 2.75) is 6.04 Å². The average Bonchev–Trinajstić information content (AvgIpc) is 2.51. The Kier molecular flexibility index (Phi) is 3.62. The van der Waals surface area contributed by atoms with Crippen LogP contribution in [-0.2, 0) is 0 Å². The highest BCUT2D eigenvalue weighted by atomic mass is 19.1. The number of rotatable bonds is 3. The lowest BCUT2D eigenvalue weighted by Crippen LogP contribution is -2.19. The second-order valence-electron chi connectivity index (χ2n) is 4.84. The third-order valence-electron chi connectivity index (χ3n) is 3.52. The summed E-state index contributed by atoms with van der Waals surface area (Å²) in [6.45, 7) is 0. The van der Waals surface area contributed by atoms with Gasteiger partial charge in [-0.15, -0.1) is 0 Å². The van der Waals surface area contributed by atoms with Crippen molar-refractivity contribution in [2.24, 2.45) is 0 Å². The number of nitrogens with one attached hydrogen (secondary N) is 1. The van der Waals surface area contributed by atoms with Gasteiger partial charge in [-0.2, -0.15) is 0 Å². The maximum Gasteiger partial charge on any atom is 0.128 e. The number of pyridine rings is 1. The van der Waals surface area contributed by atoms with Gasteiger partial charge < -0.3 is 5.32 Å². The molecule has 0 amide bonds. The molecular weight excluding hydrogens is 270 g/mol. The summed E-state index contributed by atoms with van der Waals surface area (Å²) in [5.74, 6) is -0.879. The molecule has 0 aliphatic heterocycles. The van der Waals surface area contributed by atoms with Crippen LogP contribution in [0.1, 0.15) is 17.2 Å². The van der Waals surface area contributed by atoms with E-state index in [0.29, 0.717) is 5.56 Å². The number of hydrogen-bond acceptors (Lipinski definition) is 2. The molecule has 0 aliphatic carbocycles. The molecule has 2 aromatic carbocycles. The maximum atomic E-state index is 14.0. The van der Waals surface area contributed by atoms with Crippen LogP contribution in [-0.4, -0.2) is 12.0 Å². The van der Waals surface area contributed by atoms with Crippen molar-refractivity contribution in [1.82, 2.24) is 10.3 Å². The fraction of sp³-hybridized carbons (Fsp3) is 0.118. The summed E-state index contributed by atoms with van der Waals surface area (Å²) in [7, 11) is 1.72. The van der Waals surface area contributed by atoms with Gasteiger partial charge in [0, 0.05) is 17.1 Å². The van der Waals surface area contributed by atoms with E-state index in [1.165, 1.54) is 6.07 Å². The van der Waals surface area contributed by atoms with Crippen LogP contribution in [0.15, 0.2) is 54.7 Å². The SMILES string of the molecule is CNC(c1ccc2ncccc2c1)c1cc(F)ccc1F. The molecule has 1 heterocycles. The van der Waals surface area contributed by atoms with Crippen molar-refractivity contribution >= 4 is 10.9 Å². The van der Waals surface area contributed by atoms with E-state index in [0.717, 1.165) is 28.6 Å². The number of hydrogen-bond donors (Lipinski definition) is 1. The Hall–Kier alpha value is -2.33. The van der Waals surface area contributed by atoms with Crippen LogP contribution < -0.4 is 5.32 Å². The standard InChI is InChI=1S/C17H14F2N2/c1-20-17(14-10-13(18)5-6-15(14)19)12-4-7-16-11(9-12)3-2-8-21-16/h2-10,17,20H,1H3. The minimum atomic E-state index is -0.450. The monoisotopic (exact) mass is 284 g/mol. The molecule has 0 fully saturated rings. The lowest BCUT2D eigenvalue weighted by atomic mass is 9.97. The zero-order chi connectivity index (χ0) is 14.8. The number of nitrogens with zero attached hydrogens (tertiary/aromatic N) is 1. The number of halogens is 2. The Morgan fingerprint density at radius 2 is 1.90 bits per heavy atom. The summed E-state index contributed by atoms with van der Waals surface area (Å²) in [6, 6.07) is 12.6. The minimum absolute atomic E-state index is 0.292. The molecular formula is C17H14F2N2. The number of benzene rings is 2. The van der Waals surface area contributed by atoms with Crippen LogP contribution >= 0.6 is 0 Å². The van der Waals surface area contributed by atoms with E-state index in [2.05, 4.69) is 10.3 Å². The topological polar surface area (TPSA) is 24.9 Å². The quantitative estimate of drug-likeness (QED) is 0.791. The van der Waals surface area contributed by atoms with E-state index in [1.807, 2.05) is 30.3 Å². The summed E-state index contributed by atoms with van der Waals surface area (Å²) in [6.07, 6.45) is 1.73. The van der Waals surface area contributed by atoms with Gasteiger partial charge >= 0.3 is 0 Å². The Morgan fingerprint density at radius 3 is 2.71 bits per heavy atom. The Morgan fingerprint density at radius 1 is 1.05 bits per heavy atom. The van der Waals surface area contributed by atoms with E-state index in [-0.39, 0.29) is 0 Å². The normalized spacial score (nSPS) is 12.5. The van der Waals surface area contributed by atoms with Gasteiger partial charge in [0.15, 0.2) is 0 Å². The summed E-state index contributed by atoms with van der Waals surface area (Å²) in [5, 5.41) is 4.01. The molecule has 0 radical (unpaired) electrons. The molecule has 106 valence electrons. The van der Waals surface area contributed by atoms with E-state index < -0.39 is 17.7 Å². The third-order valence-corrected chi connectivity index (χ3v) is 3.52. The Labute approximate surface area is 121 Å². The molecule has 2 nitrogen and oxygen atoms in total. The zero-order valence-electron chi connectivity index (χ0n) is 11.5. The van der Waals surface area contributed by atoms with Crippen molar-refractivity contribution < 1.29 is 8.78 Å². The molecule has 1 N–H and O–H groups in total. The molecule has 4 heteroatoms. The largest absolute Gasteiger partial charge is 0.309 e. The fourth-order valence-corrected chi connectivity index (χ4v) is 2.51. The molecule has 0 aliphatic rings. The van der Waals surface area contributed by atoms with E-state index in [1.54, 1.807) is 13.2 Å². The highest BCUT2D eigenvalue weighted by molar-refractivity contribution is 5.79. The predicted molar refractivity (Wildman–Crippen MR) is 79.0 cm³/mol. The molecule has 1 aromatic heterocycles. The predicted octanol–water partition coefficient (Wildman–Crippen LogP) is 3.82. The molecule has 0 bridgehead atoms. The van der Waals surface area contributed by atoms with Crippen LogP contribution in [0.4, 0.5) is 8.78 Å². The molecule has 0 saturated carbocycles. The second-order valence-corrected chi connectivity index (χ2v) is 4.84. The molecule has 3 rings (SSSR count). The van der Waals surface area contributed by atoms with Crippen molar-refractivity contribution in [3.8, 4) is 0 Å². The van der Waals surface area contributed by atoms with Gasteiger partial charge in [-0.05, 0) is 49.0 Å². The Balaban J connectivity index is 2.11. The maximum absolute atomic E-state index is 14.0. The van der Waals surface area contributed by atoms with E-state index >= 15 is 0 Å². The van der Waals surface area contributed by atoms with Gasteiger partial charge in [0.05, 0.1) is 11.6 Å². The average molecular weight is 284 g/mol. The summed E-state index contributed by atoms with van der Waals surface area (Å²) < 4.78 is 27.4. The first-order valence-electron chi connectivity index (χ1n) is 6.66. The molecule has 1 unspecified atom stereocenters. The fourth-order valence-electron chi connectivity index (χ4n) is 2.51. The first-order valence-corrected chi connectivity index (χ1v) is 6.66. The van der Waals surface area contributed by atoms with Crippen molar-refractivity contribution in [1.29, 1.82) is 0 Å². The van der Waals surface area contributed by atoms with Gasteiger partial charge in [0.2, 0.25) is 0 Å². The highest BCUT2D eigenvalue weighted by Crippen LogP contribution is 2.27. The van der Waals surface area contributed by atoms with Gasteiger partial charge in [-0.3, -0.25) is 4.98 Å². The molecule has 1 atom stereocenters. The van der Waals surface area contributed by atoms with Crippen molar-refractivity contribution in [3.63, 3.8) is 0 Å². The van der Waals surface area contributed by atoms with E-state index in [9.17, 15) is 8.78 Å². The lowest BCUT2D eigenvalue weighted by Gasteiger charge is -2.18. The van der Waals surface area contributed by atoms with Gasteiger partial charge in [0.1, 0.15) is 11.6 Å².